The van der Waals surface area contributed by atoms with Gasteiger partial charge < -0.3 is 9.53 Å². The fraction of sp³-hybridized carbons (Fsp3) is 0.917. The van der Waals surface area contributed by atoms with Gasteiger partial charge >= 0.3 is 0 Å². The average Bonchev–Trinajstić information content (AvgIpc) is 1.97. The second-order valence-electron chi connectivity index (χ2n) is 6.34. The largest absolute Gasteiger partial charge is 0.413 e. The third-order valence-corrected chi connectivity index (χ3v) is 8.26. The molecule has 0 heterocycles. The van der Waals surface area contributed by atoms with E-state index in [-0.39, 0.29) is 16.9 Å². The molecule has 0 aromatic heterocycles. The van der Waals surface area contributed by atoms with E-state index in [0.717, 1.165) is 0 Å². The first-order valence-corrected chi connectivity index (χ1v) is 8.90. The molecule has 2 atom stereocenters. The molecular formula is C12H24O3Si. The van der Waals surface area contributed by atoms with Crippen LogP contribution in [0.1, 0.15) is 40.0 Å². The fourth-order valence-electron chi connectivity index (χ4n) is 1.75. The van der Waals surface area contributed by atoms with Crippen LogP contribution in [-0.4, -0.2) is 31.4 Å². The molecule has 0 unspecified atom stereocenters. The normalized spacial score (nSPS) is 28.2. The highest BCUT2D eigenvalue weighted by Gasteiger charge is 2.40. The maximum atomic E-state index is 11.4. The first-order valence-electron chi connectivity index (χ1n) is 5.99. The molecule has 94 valence electrons. The molecule has 1 aliphatic carbocycles. The number of hydrogen-bond donors (Lipinski definition) is 1. The van der Waals surface area contributed by atoms with Crippen LogP contribution in [0.15, 0.2) is 0 Å². The second kappa shape index (κ2) is 4.59. The van der Waals surface area contributed by atoms with E-state index in [1.165, 1.54) is 0 Å². The number of carbonyl (C=O) groups excluding carboxylic acids is 1. The number of Topliss-reactive ketones (excluding diaryl/α,β-unsaturated/α-hetero) is 1. The SMILES string of the molecule is CC(C)(C)[Si](C)(C)O[C@@H]1CC(=O)C[C@H](O)C1. The topological polar surface area (TPSA) is 46.5 Å². The molecule has 16 heavy (non-hydrogen) atoms. The molecule has 0 aliphatic heterocycles. The first kappa shape index (κ1) is 13.9. The third-order valence-electron chi connectivity index (χ3n) is 3.72. The van der Waals surface area contributed by atoms with E-state index in [1.807, 2.05) is 0 Å². The molecule has 0 saturated heterocycles. The number of carbonyl (C=O) groups is 1. The summed E-state index contributed by atoms with van der Waals surface area (Å²) in [7, 11) is -1.81. The lowest BCUT2D eigenvalue weighted by molar-refractivity contribution is -0.126. The number of aliphatic hydroxyl groups is 1. The summed E-state index contributed by atoms with van der Waals surface area (Å²) in [5.41, 5.74) is 0. The lowest BCUT2D eigenvalue weighted by Gasteiger charge is -2.40. The van der Waals surface area contributed by atoms with Crippen LogP contribution in [0.2, 0.25) is 18.1 Å². The molecule has 1 N–H and O–H groups in total. The standard InChI is InChI=1S/C12H24O3Si/c1-12(2,3)16(4,5)15-11-7-9(13)6-10(14)8-11/h9,11,13H,6-8H2,1-5H3/t9-,11-/m0/s1. The van der Waals surface area contributed by atoms with Crippen molar-refractivity contribution in [1.29, 1.82) is 0 Å². The van der Waals surface area contributed by atoms with E-state index in [2.05, 4.69) is 33.9 Å². The van der Waals surface area contributed by atoms with Crippen LogP contribution in [0, 0.1) is 0 Å². The highest BCUT2D eigenvalue weighted by atomic mass is 28.4. The van der Waals surface area contributed by atoms with Crippen LogP contribution in [-0.2, 0) is 9.22 Å². The molecule has 0 radical (unpaired) electrons. The van der Waals surface area contributed by atoms with Gasteiger partial charge in [0.15, 0.2) is 8.32 Å². The summed E-state index contributed by atoms with van der Waals surface area (Å²) in [5.74, 6) is 0.127. The van der Waals surface area contributed by atoms with Gasteiger partial charge in [-0.05, 0) is 24.6 Å². The predicted octanol–water partition coefficient (Wildman–Crippen LogP) is 2.49. The molecule has 0 aromatic carbocycles. The van der Waals surface area contributed by atoms with Crippen LogP contribution in [0.4, 0.5) is 0 Å². The van der Waals surface area contributed by atoms with E-state index in [9.17, 15) is 9.90 Å². The summed E-state index contributed by atoms with van der Waals surface area (Å²) in [6, 6.07) is 0. The van der Waals surface area contributed by atoms with Gasteiger partial charge in [-0.2, -0.15) is 0 Å². The van der Waals surface area contributed by atoms with Crippen LogP contribution in [0.3, 0.4) is 0 Å². The predicted molar refractivity (Wildman–Crippen MR) is 66.9 cm³/mol. The van der Waals surface area contributed by atoms with Gasteiger partial charge in [0.25, 0.3) is 0 Å². The lowest BCUT2D eigenvalue weighted by Crippen LogP contribution is -2.46. The van der Waals surface area contributed by atoms with E-state index < -0.39 is 14.4 Å². The zero-order chi connectivity index (χ0) is 12.6. The first-order chi connectivity index (χ1) is 7.12. The van der Waals surface area contributed by atoms with Gasteiger partial charge in [-0.1, -0.05) is 20.8 Å². The Morgan fingerprint density at radius 1 is 1.31 bits per heavy atom. The van der Waals surface area contributed by atoms with Crippen molar-refractivity contribution in [1.82, 2.24) is 0 Å². The zero-order valence-corrected chi connectivity index (χ0v) is 12.0. The van der Waals surface area contributed by atoms with E-state index in [4.69, 9.17) is 4.43 Å². The van der Waals surface area contributed by atoms with Gasteiger partial charge in [-0.3, -0.25) is 4.79 Å². The van der Waals surface area contributed by atoms with Gasteiger partial charge in [0.1, 0.15) is 5.78 Å². The van der Waals surface area contributed by atoms with Crippen LogP contribution >= 0.6 is 0 Å². The quantitative estimate of drug-likeness (QED) is 0.759. The Labute approximate surface area is 99.3 Å². The Kier molecular flexibility index (Phi) is 3.98. The van der Waals surface area contributed by atoms with E-state index in [0.29, 0.717) is 19.3 Å². The summed E-state index contributed by atoms with van der Waals surface area (Å²) in [4.78, 5) is 11.4. The molecule has 1 aliphatic rings. The molecule has 0 amide bonds. The molecular weight excluding hydrogens is 220 g/mol. The number of aliphatic hydroxyl groups excluding tert-OH is 1. The van der Waals surface area contributed by atoms with Crippen molar-refractivity contribution in [3.8, 4) is 0 Å². The summed E-state index contributed by atoms with van der Waals surface area (Å²) >= 11 is 0. The van der Waals surface area contributed by atoms with E-state index >= 15 is 0 Å². The van der Waals surface area contributed by atoms with Crippen molar-refractivity contribution in [2.45, 2.75) is 70.4 Å². The van der Waals surface area contributed by atoms with Crippen molar-refractivity contribution in [3.63, 3.8) is 0 Å². The van der Waals surface area contributed by atoms with Crippen LogP contribution in [0.5, 0.6) is 0 Å². The smallest absolute Gasteiger partial charge is 0.192 e. The summed E-state index contributed by atoms with van der Waals surface area (Å²) in [6.07, 6.45) is 0.812. The molecule has 0 spiro atoms. The monoisotopic (exact) mass is 244 g/mol. The summed E-state index contributed by atoms with van der Waals surface area (Å²) in [6.45, 7) is 10.9. The van der Waals surface area contributed by atoms with Gasteiger partial charge in [0.05, 0.1) is 12.2 Å². The Balaban J connectivity index is 2.63. The number of ketones is 1. The Morgan fingerprint density at radius 3 is 2.31 bits per heavy atom. The summed E-state index contributed by atoms with van der Waals surface area (Å²) in [5, 5.41) is 9.72. The Hall–Kier alpha value is -0.193. The van der Waals surface area contributed by atoms with Crippen molar-refractivity contribution in [2.24, 2.45) is 0 Å². The Bertz CT molecular complexity index is 268. The molecule has 0 bridgehead atoms. The highest BCUT2D eigenvalue weighted by Crippen LogP contribution is 2.38. The lowest BCUT2D eigenvalue weighted by atomic mass is 9.94. The second-order valence-corrected chi connectivity index (χ2v) is 11.1. The maximum absolute atomic E-state index is 11.4. The van der Waals surface area contributed by atoms with Gasteiger partial charge in [-0.15, -0.1) is 0 Å². The van der Waals surface area contributed by atoms with Gasteiger partial charge in [-0.25, -0.2) is 0 Å². The molecule has 4 heteroatoms. The van der Waals surface area contributed by atoms with Crippen LogP contribution < -0.4 is 0 Å². The number of hydrogen-bond acceptors (Lipinski definition) is 3. The van der Waals surface area contributed by atoms with Crippen molar-refractivity contribution in [2.75, 3.05) is 0 Å². The van der Waals surface area contributed by atoms with Crippen molar-refractivity contribution >= 4 is 14.1 Å². The van der Waals surface area contributed by atoms with Crippen molar-refractivity contribution < 1.29 is 14.3 Å². The Morgan fingerprint density at radius 2 is 1.88 bits per heavy atom. The van der Waals surface area contributed by atoms with Crippen LogP contribution in [0.25, 0.3) is 0 Å². The maximum Gasteiger partial charge on any atom is 0.192 e. The molecule has 1 fully saturated rings. The third kappa shape index (κ3) is 3.40. The minimum Gasteiger partial charge on any atom is -0.413 e. The molecule has 3 nitrogen and oxygen atoms in total. The molecule has 1 saturated carbocycles. The molecule has 0 aromatic rings. The average molecular weight is 244 g/mol. The summed E-state index contributed by atoms with van der Waals surface area (Å²) < 4.78 is 6.14. The minimum absolute atomic E-state index is 0.0721. The van der Waals surface area contributed by atoms with E-state index in [1.54, 1.807) is 0 Å². The fourth-order valence-corrected chi connectivity index (χ4v) is 3.12. The molecule has 1 rings (SSSR count). The van der Waals surface area contributed by atoms with Gasteiger partial charge in [0.2, 0.25) is 0 Å². The number of rotatable bonds is 2. The van der Waals surface area contributed by atoms with Crippen molar-refractivity contribution in [3.05, 3.63) is 0 Å². The zero-order valence-electron chi connectivity index (χ0n) is 11.0. The highest BCUT2D eigenvalue weighted by molar-refractivity contribution is 6.74. The minimum atomic E-state index is -1.81. The van der Waals surface area contributed by atoms with Gasteiger partial charge in [0, 0.05) is 12.8 Å².